The minimum absolute atomic E-state index is 0.0292. The number of nitrogens with zero attached hydrogens (tertiary/aromatic N) is 1. The maximum absolute atomic E-state index is 14.0. The zero-order valence-corrected chi connectivity index (χ0v) is 23.0. The molecule has 41 heavy (non-hydrogen) atoms. The van der Waals surface area contributed by atoms with Gasteiger partial charge in [0.1, 0.15) is 17.9 Å². The highest BCUT2D eigenvalue weighted by atomic mass is 16.5. The smallest absolute Gasteiger partial charge is 0.295 e. The molecule has 1 aliphatic heterocycles. The Kier molecular flexibility index (Phi) is 6.93. The van der Waals surface area contributed by atoms with Crippen LogP contribution in [0.2, 0.25) is 0 Å². The van der Waals surface area contributed by atoms with Crippen molar-refractivity contribution in [2.24, 2.45) is 0 Å². The highest BCUT2D eigenvalue weighted by Crippen LogP contribution is 2.44. The number of benzene rings is 4. The van der Waals surface area contributed by atoms with Gasteiger partial charge in [0.2, 0.25) is 5.76 Å². The van der Waals surface area contributed by atoms with Gasteiger partial charge in [0.05, 0.1) is 30.7 Å². The molecule has 7 heteroatoms. The van der Waals surface area contributed by atoms with Crippen LogP contribution in [-0.2, 0) is 6.61 Å². The summed E-state index contributed by atoms with van der Waals surface area (Å²) in [6.45, 7) is 4.60. The van der Waals surface area contributed by atoms with Crippen molar-refractivity contribution in [3.8, 4) is 17.2 Å². The standard InChI is InChI=1S/C34H29NO6/c1-4-39-29-18-23(14-16-28(29)40-20-22-9-6-5-7-10-22)31-30-32(36)26-17-21(2)13-15-27(26)41-33(30)34(37)35(31)24-11-8-12-25(19-24)38-3/h5-19,31H,4,20H2,1-3H3. The monoisotopic (exact) mass is 547 g/mol. The van der Waals surface area contributed by atoms with E-state index in [1.54, 1.807) is 36.3 Å². The second kappa shape index (κ2) is 10.8. The van der Waals surface area contributed by atoms with Crippen molar-refractivity contribution in [2.45, 2.75) is 26.5 Å². The fourth-order valence-corrected chi connectivity index (χ4v) is 5.25. The lowest BCUT2D eigenvalue weighted by Crippen LogP contribution is -2.29. The average molecular weight is 548 g/mol. The molecular weight excluding hydrogens is 518 g/mol. The lowest BCUT2D eigenvalue weighted by molar-refractivity contribution is 0.0971. The third-order valence-corrected chi connectivity index (χ3v) is 7.18. The summed E-state index contributed by atoms with van der Waals surface area (Å²) in [6, 6.07) is 27.2. The molecule has 0 saturated carbocycles. The summed E-state index contributed by atoms with van der Waals surface area (Å²) in [5.74, 6) is 1.30. The van der Waals surface area contributed by atoms with Crippen LogP contribution in [0.15, 0.2) is 100 Å². The molecule has 1 amide bonds. The van der Waals surface area contributed by atoms with Crippen LogP contribution in [0, 0.1) is 6.92 Å². The van der Waals surface area contributed by atoms with E-state index in [-0.39, 0.29) is 16.8 Å². The number of carbonyl (C=O) groups is 1. The summed E-state index contributed by atoms with van der Waals surface area (Å²) in [6.07, 6.45) is 0. The molecule has 0 fully saturated rings. The largest absolute Gasteiger partial charge is 0.497 e. The second-order valence-corrected chi connectivity index (χ2v) is 9.87. The van der Waals surface area contributed by atoms with Crippen LogP contribution >= 0.6 is 0 Å². The fourth-order valence-electron chi connectivity index (χ4n) is 5.25. The summed E-state index contributed by atoms with van der Waals surface area (Å²) < 4.78 is 23.7. The Morgan fingerprint density at radius 1 is 0.854 bits per heavy atom. The number of ether oxygens (including phenoxy) is 3. The molecule has 206 valence electrons. The van der Waals surface area contributed by atoms with Crippen molar-refractivity contribution in [3.05, 3.63) is 129 Å². The van der Waals surface area contributed by atoms with E-state index in [2.05, 4.69) is 0 Å². The number of aryl methyl sites for hydroxylation is 1. The molecule has 4 aromatic carbocycles. The van der Waals surface area contributed by atoms with Gasteiger partial charge in [-0.3, -0.25) is 14.5 Å². The number of hydrogen-bond donors (Lipinski definition) is 0. The lowest BCUT2D eigenvalue weighted by atomic mass is 9.97. The maximum atomic E-state index is 14.0. The predicted octanol–water partition coefficient (Wildman–Crippen LogP) is 6.84. The molecule has 0 saturated heterocycles. The molecule has 1 atom stereocenters. The zero-order valence-electron chi connectivity index (χ0n) is 23.0. The zero-order chi connectivity index (χ0) is 28.5. The lowest BCUT2D eigenvalue weighted by Gasteiger charge is -2.26. The molecule has 0 aliphatic carbocycles. The van der Waals surface area contributed by atoms with Crippen molar-refractivity contribution < 1.29 is 23.4 Å². The van der Waals surface area contributed by atoms with E-state index in [0.29, 0.717) is 52.7 Å². The first kappa shape index (κ1) is 26.2. The van der Waals surface area contributed by atoms with Gasteiger partial charge in [-0.05, 0) is 61.4 Å². The van der Waals surface area contributed by atoms with E-state index in [9.17, 15) is 9.59 Å². The van der Waals surface area contributed by atoms with Crippen molar-refractivity contribution in [1.82, 2.24) is 0 Å². The summed E-state index contributed by atoms with van der Waals surface area (Å²) >= 11 is 0. The average Bonchev–Trinajstić information content (AvgIpc) is 3.29. The summed E-state index contributed by atoms with van der Waals surface area (Å²) in [7, 11) is 1.57. The molecule has 0 radical (unpaired) electrons. The van der Waals surface area contributed by atoms with Crippen LogP contribution in [0.5, 0.6) is 17.2 Å². The van der Waals surface area contributed by atoms with E-state index in [1.807, 2.05) is 80.6 Å². The number of hydrogen-bond acceptors (Lipinski definition) is 6. The van der Waals surface area contributed by atoms with Crippen LogP contribution < -0.4 is 24.5 Å². The molecule has 0 spiro atoms. The quantitative estimate of drug-likeness (QED) is 0.212. The SMILES string of the molecule is CCOc1cc(C2c3c(oc4ccc(C)cc4c3=O)C(=O)N2c2cccc(OC)c2)ccc1OCc1ccccc1. The van der Waals surface area contributed by atoms with Gasteiger partial charge in [0, 0.05) is 11.8 Å². The highest BCUT2D eigenvalue weighted by molar-refractivity contribution is 6.10. The third kappa shape index (κ3) is 4.80. The molecule has 6 rings (SSSR count). The van der Waals surface area contributed by atoms with E-state index in [0.717, 1.165) is 11.1 Å². The molecular formula is C34H29NO6. The van der Waals surface area contributed by atoms with E-state index in [1.165, 1.54) is 0 Å². The van der Waals surface area contributed by atoms with Crippen molar-refractivity contribution in [1.29, 1.82) is 0 Å². The summed E-state index contributed by atoms with van der Waals surface area (Å²) in [5, 5.41) is 0.432. The Labute approximate surface area is 237 Å². The number of anilines is 1. The van der Waals surface area contributed by atoms with Crippen LogP contribution in [0.3, 0.4) is 0 Å². The van der Waals surface area contributed by atoms with Gasteiger partial charge in [0.15, 0.2) is 16.9 Å². The molecule has 2 heterocycles. The Morgan fingerprint density at radius 2 is 1.68 bits per heavy atom. The first-order chi connectivity index (χ1) is 20.0. The van der Waals surface area contributed by atoms with Gasteiger partial charge in [-0.1, -0.05) is 54.1 Å². The Bertz CT molecular complexity index is 1810. The van der Waals surface area contributed by atoms with E-state index < -0.39 is 11.9 Å². The Balaban J connectivity index is 1.51. The normalized spacial score (nSPS) is 14.3. The molecule has 0 N–H and O–H groups in total. The summed E-state index contributed by atoms with van der Waals surface area (Å²) in [5.41, 5.74) is 3.64. The number of rotatable bonds is 8. The number of amides is 1. The molecule has 5 aromatic rings. The van der Waals surface area contributed by atoms with Crippen molar-refractivity contribution >= 4 is 22.6 Å². The first-order valence-electron chi connectivity index (χ1n) is 13.5. The molecule has 1 aliphatic rings. The van der Waals surface area contributed by atoms with E-state index in [4.69, 9.17) is 18.6 Å². The van der Waals surface area contributed by atoms with E-state index >= 15 is 0 Å². The van der Waals surface area contributed by atoms with Crippen LogP contribution in [0.1, 0.15) is 45.8 Å². The van der Waals surface area contributed by atoms with Crippen molar-refractivity contribution in [2.75, 3.05) is 18.6 Å². The molecule has 0 bridgehead atoms. The van der Waals surface area contributed by atoms with Gasteiger partial charge in [-0.2, -0.15) is 0 Å². The Hall–Kier alpha value is -5.04. The predicted molar refractivity (Wildman–Crippen MR) is 157 cm³/mol. The maximum Gasteiger partial charge on any atom is 0.295 e. The van der Waals surface area contributed by atoms with Gasteiger partial charge in [0.25, 0.3) is 5.91 Å². The van der Waals surface area contributed by atoms with Gasteiger partial charge < -0.3 is 18.6 Å². The molecule has 1 unspecified atom stereocenters. The number of fused-ring (bicyclic) bond motifs is 2. The van der Waals surface area contributed by atoms with Crippen LogP contribution in [0.25, 0.3) is 11.0 Å². The molecule has 1 aromatic heterocycles. The Morgan fingerprint density at radius 3 is 2.46 bits per heavy atom. The summed E-state index contributed by atoms with van der Waals surface area (Å²) in [4.78, 5) is 29.6. The van der Waals surface area contributed by atoms with Crippen molar-refractivity contribution in [3.63, 3.8) is 0 Å². The van der Waals surface area contributed by atoms with Gasteiger partial charge in [-0.25, -0.2) is 0 Å². The third-order valence-electron chi connectivity index (χ3n) is 7.18. The fraction of sp³-hybridized carbons (Fsp3) is 0.176. The number of carbonyl (C=O) groups excluding carboxylic acids is 1. The highest BCUT2D eigenvalue weighted by Gasteiger charge is 2.44. The minimum atomic E-state index is -0.756. The van der Waals surface area contributed by atoms with Crippen LogP contribution in [-0.4, -0.2) is 19.6 Å². The first-order valence-corrected chi connectivity index (χ1v) is 13.5. The van der Waals surface area contributed by atoms with Gasteiger partial charge >= 0.3 is 0 Å². The molecule has 7 nitrogen and oxygen atoms in total. The topological polar surface area (TPSA) is 78.2 Å². The number of methoxy groups -OCH3 is 1. The minimum Gasteiger partial charge on any atom is -0.497 e. The second-order valence-electron chi connectivity index (χ2n) is 9.87. The van der Waals surface area contributed by atoms with Gasteiger partial charge in [-0.15, -0.1) is 0 Å². The van der Waals surface area contributed by atoms with Crippen LogP contribution in [0.4, 0.5) is 5.69 Å².